The van der Waals surface area contributed by atoms with E-state index in [0.29, 0.717) is 28.7 Å². The summed E-state index contributed by atoms with van der Waals surface area (Å²) >= 11 is 0. The number of nitrogens with zero attached hydrogens (tertiary/aromatic N) is 2. The highest BCUT2D eigenvalue weighted by atomic mass is 16.5. The molecular formula is C21H22N4O3. The van der Waals surface area contributed by atoms with Gasteiger partial charge in [-0.3, -0.25) is 4.79 Å². The van der Waals surface area contributed by atoms with Crippen LogP contribution in [0.4, 0.5) is 5.69 Å². The molecule has 7 nitrogen and oxygen atoms in total. The molecule has 0 saturated heterocycles. The molecule has 0 radical (unpaired) electrons. The molecule has 0 bridgehead atoms. The number of aromatic nitrogens is 2. The summed E-state index contributed by atoms with van der Waals surface area (Å²) in [5.41, 5.74) is 3.05. The van der Waals surface area contributed by atoms with Crippen molar-refractivity contribution in [1.82, 2.24) is 15.3 Å². The number of nitrogens with one attached hydrogen (secondary N) is 2. The van der Waals surface area contributed by atoms with Gasteiger partial charge in [-0.15, -0.1) is 0 Å². The summed E-state index contributed by atoms with van der Waals surface area (Å²) in [5, 5.41) is 3.18. The van der Waals surface area contributed by atoms with Gasteiger partial charge < -0.3 is 24.7 Å². The van der Waals surface area contributed by atoms with E-state index < -0.39 is 6.04 Å². The standard InChI is InChI=1S/C21H22N4O3/c1-12-19(26)18(20-23-16-7-5-6-8-17(16)24-20)21(22-2)25(12)13-9-14(27-3)11-15(10-13)28-4/h5-12,22H,1-4H3,(H,23,24)/t12-/m1/s1. The minimum atomic E-state index is -0.400. The third kappa shape index (κ3) is 2.76. The molecule has 0 spiro atoms. The van der Waals surface area contributed by atoms with E-state index in [1.54, 1.807) is 27.3 Å². The number of hydrogen-bond acceptors (Lipinski definition) is 6. The second kappa shape index (κ2) is 6.92. The lowest BCUT2D eigenvalue weighted by molar-refractivity contribution is -0.114. The van der Waals surface area contributed by atoms with Crippen LogP contribution >= 0.6 is 0 Å². The van der Waals surface area contributed by atoms with Crippen molar-refractivity contribution in [1.29, 1.82) is 0 Å². The number of hydrogen-bond donors (Lipinski definition) is 2. The summed E-state index contributed by atoms with van der Waals surface area (Å²) in [6, 6.07) is 12.9. The molecule has 1 atom stereocenters. The summed E-state index contributed by atoms with van der Waals surface area (Å²) in [6.07, 6.45) is 0. The summed E-state index contributed by atoms with van der Waals surface area (Å²) in [4.78, 5) is 23.0. The number of imidazole rings is 1. The minimum Gasteiger partial charge on any atom is -0.497 e. The van der Waals surface area contributed by atoms with Gasteiger partial charge in [-0.1, -0.05) is 12.1 Å². The maximum atomic E-state index is 13.2. The average Bonchev–Trinajstić information content (AvgIpc) is 3.25. The predicted octanol–water partition coefficient (Wildman–Crippen LogP) is 2.95. The van der Waals surface area contributed by atoms with Gasteiger partial charge >= 0.3 is 0 Å². The summed E-state index contributed by atoms with van der Waals surface area (Å²) < 4.78 is 10.8. The molecule has 1 aliphatic rings. The molecule has 3 aromatic rings. The third-order valence-electron chi connectivity index (χ3n) is 4.97. The number of rotatable bonds is 5. The van der Waals surface area contributed by atoms with Gasteiger partial charge in [0, 0.05) is 25.2 Å². The van der Waals surface area contributed by atoms with Crippen molar-refractivity contribution in [2.75, 3.05) is 26.2 Å². The molecule has 0 aliphatic carbocycles. The number of benzene rings is 2. The van der Waals surface area contributed by atoms with E-state index in [9.17, 15) is 4.79 Å². The number of methoxy groups -OCH3 is 2. The first-order chi connectivity index (χ1) is 13.6. The van der Waals surface area contributed by atoms with Crippen LogP contribution in [0, 0.1) is 0 Å². The molecule has 28 heavy (non-hydrogen) atoms. The Morgan fingerprint density at radius 1 is 1.11 bits per heavy atom. The molecule has 2 N–H and O–H groups in total. The molecule has 144 valence electrons. The van der Waals surface area contributed by atoms with Gasteiger partial charge in [-0.2, -0.15) is 0 Å². The number of H-pyrrole nitrogens is 1. The Labute approximate surface area is 163 Å². The van der Waals surface area contributed by atoms with E-state index in [0.717, 1.165) is 16.7 Å². The Kier molecular flexibility index (Phi) is 4.43. The van der Waals surface area contributed by atoms with Crippen LogP contribution in [0.1, 0.15) is 12.7 Å². The van der Waals surface area contributed by atoms with Gasteiger partial charge in [0.2, 0.25) is 0 Å². The number of Topliss-reactive ketones (excluding diaryl/α,β-unsaturated/α-hetero) is 1. The SMILES string of the molecule is CNC1=C(c2nc3ccccc3[nH]2)C(=O)[C@@H](C)N1c1cc(OC)cc(OC)c1. The van der Waals surface area contributed by atoms with Crippen molar-refractivity contribution in [2.24, 2.45) is 0 Å². The Morgan fingerprint density at radius 2 is 1.79 bits per heavy atom. The zero-order valence-corrected chi connectivity index (χ0v) is 16.2. The summed E-state index contributed by atoms with van der Waals surface area (Å²) in [5.74, 6) is 2.54. The van der Waals surface area contributed by atoms with Crippen LogP contribution in [0.25, 0.3) is 16.6 Å². The number of para-hydroxylation sites is 2. The first-order valence-electron chi connectivity index (χ1n) is 9.01. The number of ketones is 1. The van der Waals surface area contributed by atoms with Crippen molar-refractivity contribution in [3.05, 3.63) is 54.1 Å². The van der Waals surface area contributed by atoms with Gasteiger partial charge in [0.25, 0.3) is 0 Å². The molecule has 2 aromatic carbocycles. The highest BCUT2D eigenvalue weighted by Gasteiger charge is 2.39. The van der Waals surface area contributed by atoms with Crippen LogP contribution in [0.5, 0.6) is 11.5 Å². The number of carbonyl (C=O) groups is 1. The fourth-order valence-corrected chi connectivity index (χ4v) is 3.59. The smallest absolute Gasteiger partial charge is 0.192 e. The van der Waals surface area contributed by atoms with Crippen molar-refractivity contribution in [2.45, 2.75) is 13.0 Å². The molecule has 7 heteroatoms. The average molecular weight is 378 g/mol. The van der Waals surface area contributed by atoms with E-state index in [1.165, 1.54) is 0 Å². The highest BCUT2D eigenvalue weighted by molar-refractivity contribution is 6.27. The van der Waals surface area contributed by atoms with Crippen molar-refractivity contribution < 1.29 is 14.3 Å². The molecule has 1 aromatic heterocycles. The molecule has 0 unspecified atom stereocenters. The van der Waals surface area contributed by atoms with Crippen LogP contribution in [-0.2, 0) is 4.79 Å². The molecular weight excluding hydrogens is 356 g/mol. The van der Waals surface area contributed by atoms with E-state index in [-0.39, 0.29) is 5.78 Å². The fourth-order valence-electron chi connectivity index (χ4n) is 3.59. The number of aromatic amines is 1. The zero-order chi connectivity index (χ0) is 19.8. The summed E-state index contributed by atoms with van der Waals surface area (Å²) in [6.45, 7) is 1.88. The van der Waals surface area contributed by atoms with Crippen LogP contribution in [0.15, 0.2) is 48.3 Å². The molecule has 2 heterocycles. The van der Waals surface area contributed by atoms with E-state index in [2.05, 4.69) is 15.3 Å². The molecule has 0 amide bonds. The topological polar surface area (TPSA) is 79.5 Å². The van der Waals surface area contributed by atoms with Gasteiger partial charge in [0.1, 0.15) is 28.7 Å². The maximum absolute atomic E-state index is 13.2. The van der Waals surface area contributed by atoms with Crippen LogP contribution < -0.4 is 19.7 Å². The molecule has 1 aliphatic heterocycles. The highest BCUT2D eigenvalue weighted by Crippen LogP contribution is 2.38. The third-order valence-corrected chi connectivity index (χ3v) is 4.97. The van der Waals surface area contributed by atoms with Crippen molar-refractivity contribution >= 4 is 28.1 Å². The van der Waals surface area contributed by atoms with Crippen molar-refractivity contribution in [3.63, 3.8) is 0 Å². The first kappa shape index (κ1) is 17.9. The lowest BCUT2D eigenvalue weighted by atomic mass is 10.1. The van der Waals surface area contributed by atoms with Crippen LogP contribution in [-0.4, -0.2) is 43.1 Å². The second-order valence-electron chi connectivity index (χ2n) is 6.56. The Bertz CT molecular complexity index is 1030. The minimum absolute atomic E-state index is 0.00908. The Balaban J connectivity index is 1.88. The first-order valence-corrected chi connectivity index (χ1v) is 9.01. The number of ether oxygens (including phenoxy) is 2. The zero-order valence-electron chi connectivity index (χ0n) is 16.2. The van der Waals surface area contributed by atoms with Crippen LogP contribution in [0.2, 0.25) is 0 Å². The second-order valence-corrected chi connectivity index (χ2v) is 6.56. The number of carbonyl (C=O) groups excluding carboxylic acids is 1. The van der Waals surface area contributed by atoms with Gasteiger partial charge in [0.15, 0.2) is 5.78 Å². The maximum Gasteiger partial charge on any atom is 0.192 e. The fraction of sp³-hybridized carbons (Fsp3) is 0.238. The van der Waals surface area contributed by atoms with E-state index in [1.807, 2.05) is 48.2 Å². The molecule has 0 fully saturated rings. The predicted molar refractivity (Wildman–Crippen MR) is 109 cm³/mol. The molecule has 0 saturated carbocycles. The van der Waals surface area contributed by atoms with Gasteiger partial charge in [-0.05, 0) is 19.1 Å². The normalized spacial score (nSPS) is 16.8. The van der Waals surface area contributed by atoms with Crippen LogP contribution in [0.3, 0.4) is 0 Å². The Hall–Kier alpha value is -3.48. The number of fused-ring (bicyclic) bond motifs is 1. The quantitative estimate of drug-likeness (QED) is 0.711. The van der Waals surface area contributed by atoms with E-state index >= 15 is 0 Å². The van der Waals surface area contributed by atoms with Gasteiger partial charge in [-0.25, -0.2) is 4.98 Å². The largest absolute Gasteiger partial charge is 0.497 e. The lowest BCUT2D eigenvalue weighted by Crippen LogP contribution is -2.35. The van der Waals surface area contributed by atoms with Gasteiger partial charge in [0.05, 0.1) is 37.0 Å². The van der Waals surface area contributed by atoms with Crippen molar-refractivity contribution in [3.8, 4) is 11.5 Å². The molecule has 4 rings (SSSR count). The Morgan fingerprint density at radius 3 is 2.39 bits per heavy atom. The number of anilines is 1. The summed E-state index contributed by atoms with van der Waals surface area (Å²) in [7, 11) is 5.01. The monoisotopic (exact) mass is 378 g/mol. The van der Waals surface area contributed by atoms with E-state index in [4.69, 9.17) is 9.47 Å². The lowest BCUT2D eigenvalue weighted by Gasteiger charge is -2.27.